The van der Waals surface area contributed by atoms with Crippen molar-refractivity contribution >= 4 is 15.8 Å². The van der Waals surface area contributed by atoms with Gasteiger partial charge < -0.3 is 10.1 Å². The van der Waals surface area contributed by atoms with Gasteiger partial charge in [-0.25, -0.2) is 18.1 Å². The Morgan fingerprint density at radius 2 is 2.17 bits per heavy atom. The van der Waals surface area contributed by atoms with E-state index >= 15 is 0 Å². The van der Waals surface area contributed by atoms with Crippen LogP contribution in [0.4, 0.5) is 5.82 Å². The van der Waals surface area contributed by atoms with E-state index in [4.69, 9.17) is 4.74 Å². The maximum absolute atomic E-state index is 11.9. The Balaban J connectivity index is 2.72. The molecule has 1 unspecified atom stereocenters. The average Bonchev–Trinajstić information content (AvgIpc) is 2.37. The summed E-state index contributed by atoms with van der Waals surface area (Å²) in [5.74, 6) is 0.654. The molecule has 7 heteroatoms. The normalized spacial score (nSPS) is 13.3. The lowest BCUT2D eigenvalue weighted by Gasteiger charge is -2.11. The summed E-state index contributed by atoms with van der Waals surface area (Å²) in [7, 11) is -1.98. The number of hydrogen-bond donors (Lipinski definition) is 2. The van der Waals surface area contributed by atoms with Crippen molar-refractivity contribution < 1.29 is 13.2 Å². The molecular weight excluding hydrogens is 254 g/mol. The summed E-state index contributed by atoms with van der Waals surface area (Å²) in [6.45, 7) is 4.70. The minimum atomic E-state index is -3.52. The van der Waals surface area contributed by atoms with E-state index < -0.39 is 10.0 Å². The number of pyridine rings is 1. The molecular formula is C11H19N3O3S. The highest BCUT2D eigenvalue weighted by Gasteiger charge is 2.15. The second-order valence-corrected chi connectivity index (χ2v) is 5.57. The van der Waals surface area contributed by atoms with Crippen molar-refractivity contribution in [1.82, 2.24) is 9.71 Å². The lowest BCUT2D eigenvalue weighted by molar-refractivity contribution is 0.122. The van der Waals surface area contributed by atoms with Gasteiger partial charge >= 0.3 is 0 Å². The second-order valence-electron chi connectivity index (χ2n) is 3.81. The van der Waals surface area contributed by atoms with Crippen LogP contribution in [0, 0.1) is 0 Å². The quantitative estimate of drug-likeness (QED) is 0.769. The molecule has 0 amide bonds. The van der Waals surface area contributed by atoms with E-state index in [0.717, 1.165) is 6.54 Å². The van der Waals surface area contributed by atoms with Gasteiger partial charge in [0.1, 0.15) is 10.7 Å². The van der Waals surface area contributed by atoms with Crippen molar-refractivity contribution in [3.63, 3.8) is 0 Å². The van der Waals surface area contributed by atoms with E-state index in [9.17, 15) is 8.42 Å². The SMILES string of the molecule is CCNc1ccc(S(=O)(=O)NCC(C)OC)cn1. The Morgan fingerprint density at radius 3 is 2.67 bits per heavy atom. The molecule has 0 aliphatic rings. The van der Waals surface area contributed by atoms with Crippen LogP contribution in [0.25, 0.3) is 0 Å². The number of aromatic nitrogens is 1. The Hall–Kier alpha value is -1.18. The van der Waals surface area contributed by atoms with Crippen LogP contribution in [0.5, 0.6) is 0 Å². The minimum absolute atomic E-state index is 0.146. The third-order valence-electron chi connectivity index (χ3n) is 2.37. The molecule has 0 bridgehead atoms. The van der Waals surface area contributed by atoms with Crippen molar-refractivity contribution in [2.24, 2.45) is 0 Å². The van der Waals surface area contributed by atoms with Crippen molar-refractivity contribution in [2.45, 2.75) is 24.8 Å². The second kappa shape index (κ2) is 6.67. The fourth-order valence-corrected chi connectivity index (χ4v) is 2.28. The molecule has 1 atom stereocenters. The van der Waals surface area contributed by atoms with Crippen molar-refractivity contribution in [3.05, 3.63) is 18.3 Å². The van der Waals surface area contributed by atoms with Crippen LogP contribution in [0.3, 0.4) is 0 Å². The summed E-state index contributed by atoms with van der Waals surface area (Å²) >= 11 is 0. The first-order valence-electron chi connectivity index (χ1n) is 5.72. The van der Waals surface area contributed by atoms with Gasteiger partial charge in [0.2, 0.25) is 10.0 Å². The van der Waals surface area contributed by atoms with Gasteiger partial charge in [-0.1, -0.05) is 0 Å². The van der Waals surface area contributed by atoms with Gasteiger partial charge in [0.15, 0.2) is 0 Å². The maximum atomic E-state index is 11.9. The Labute approximate surface area is 108 Å². The monoisotopic (exact) mass is 273 g/mol. The molecule has 0 saturated carbocycles. The van der Waals surface area contributed by atoms with Crippen molar-refractivity contribution in [2.75, 3.05) is 25.5 Å². The van der Waals surface area contributed by atoms with Crippen molar-refractivity contribution in [1.29, 1.82) is 0 Å². The van der Waals surface area contributed by atoms with Gasteiger partial charge in [0.05, 0.1) is 6.10 Å². The first-order valence-corrected chi connectivity index (χ1v) is 7.20. The van der Waals surface area contributed by atoms with E-state index in [-0.39, 0.29) is 17.5 Å². The van der Waals surface area contributed by atoms with Gasteiger partial charge in [-0.3, -0.25) is 0 Å². The van der Waals surface area contributed by atoms with Crippen LogP contribution in [0.2, 0.25) is 0 Å². The summed E-state index contributed by atoms with van der Waals surface area (Å²) in [5.41, 5.74) is 0. The summed E-state index contributed by atoms with van der Waals surface area (Å²) < 4.78 is 31.2. The molecule has 18 heavy (non-hydrogen) atoms. The van der Waals surface area contributed by atoms with Crippen LogP contribution in [0.15, 0.2) is 23.2 Å². The number of anilines is 1. The molecule has 102 valence electrons. The molecule has 0 radical (unpaired) electrons. The molecule has 0 aliphatic heterocycles. The standard InChI is InChI=1S/C11H19N3O3S/c1-4-12-11-6-5-10(8-13-11)18(15,16)14-7-9(2)17-3/h5-6,8-9,14H,4,7H2,1-3H3,(H,12,13). The lowest BCUT2D eigenvalue weighted by atomic mass is 10.4. The summed E-state index contributed by atoms with van der Waals surface area (Å²) in [4.78, 5) is 4.17. The molecule has 1 rings (SSSR count). The highest BCUT2D eigenvalue weighted by molar-refractivity contribution is 7.89. The first kappa shape index (κ1) is 14.9. The third-order valence-corrected chi connectivity index (χ3v) is 3.78. The van der Waals surface area contributed by atoms with E-state index in [0.29, 0.717) is 5.82 Å². The molecule has 0 aliphatic carbocycles. The van der Waals surface area contributed by atoms with Crippen LogP contribution in [0.1, 0.15) is 13.8 Å². The van der Waals surface area contributed by atoms with Crippen molar-refractivity contribution in [3.8, 4) is 0 Å². The fraction of sp³-hybridized carbons (Fsp3) is 0.545. The molecule has 0 fully saturated rings. The predicted octanol–water partition coefficient (Wildman–Crippen LogP) is 0.827. The van der Waals surface area contributed by atoms with Crippen LogP contribution < -0.4 is 10.0 Å². The zero-order chi connectivity index (χ0) is 13.6. The topological polar surface area (TPSA) is 80.3 Å². The van der Waals surface area contributed by atoms with E-state index in [1.165, 1.54) is 19.4 Å². The third kappa shape index (κ3) is 4.25. The highest BCUT2D eigenvalue weighted by Crippen LogP contribution is 2.10. The number of hydrogen-bond acceptors (Lipinski definition) is 5. The maximum Gasteiger partial charge on any atom is 0.242 e. The van der Waals surface area contributed by atoms with E-state index in [1.807, 2.05) is 6.92 Å². The van der Waals surface area contributed by atoms with Crippen LogP contribution in [-0.2, 0) is 14.8 Å². The van der Waals surface area contributed by atoms with Crippen LogP contribution >= 0.6 is 0 Å². The smallest absolute Gasteiger partial charge is 0.242 e. The molecule has 0 spiro atoms. The van der Waals surface area contributed by atoms with Gasteiger partial charge in [-0.2, -0.15) is 0 Å². The molecule has 6 nitrogen and oxygen atoms in total. The summed E-state index contributed by atoms with van der Waals surface area (Å²) in [6, 6.07) is 3.16. The number of rotatable bonds is 7. The fourth-order valence-electron chi connectivity index (χ4n) is 1.22. The highest BCUT2D eigenvalue weighted by atomic mass is 32.2. The molecule has 1 aromatic heterocycles. The molecule has 2 N–H and O–H groups in total. The molecule has 1 aromatic rings. The summed E-state index contributed by atoms with van der Waals surface area (Å²) in [6.07, 6.45) is 1.16. The Morgan fingerprint density at radius 1 is 1.44 bits per heavy atom. The number of sulfonamides is 1. The Bertz CT molecular complexity index is 459. The Kier molecular flexibility index (Phi) is 5.52. The van der Waals surface area contributed by atoms with Gasteiger partial charge in [0, 0.05) is 26.4 Å². The summed E-state index contributed by atoms with van der Waals surface area (Å²) in [5, 5.41) is 3.00. The minimum Gasteiger partial charge on any atom is -0.380 e. The molecule has 0 saturated heterocycles. The van der Waals surface area contributed by atoms with Gasteiger partial charge in [0.25, 0.3) is 0 Å². The average molecular weight is 273 g/mol. The number of nitrogens with zero attached hydrogens (tertiary/aromatic N) is 1. The number of methoxy groups -OCH3 is 1. The number of ether oxygens (including phenoxy) is 1. The predicted molar refractivity (Wildman–Crippen MR) is 70.1 cm³/mol. The largest absolute Gasteiger partial charge is 0.380 e. The molecule has 1 heterocycles. The van der Waals surface area contributed by atoms with E-state index in [1.54, 1.807) is 13.0 Å². The van der Waals surface area contributed by atoms with Crippen LogP contribution in [-0.4, -0.2) is 39.7 Å². The number of nitrogens with one attached hydrogen (secondary N) is 2. The van der Waals surface area contributed by atoms with E-state index in [2.05, 4.69) is 15.0 Å². The van der Waals surface area contributed by atoms with Gasteiger partial charge in [-0.05, 0) is 26.0 Å². The zero-order valence-electron chi connectivity index (χ0n) is 10.8. The van der Waals surface area contributed by atoms with Gasteiger partial charge in [-0.15, -0.1) is 0 Å². The zero-order valence-corrected chi connectivity index (χ0v) is 11.6. The molecule has 0 aromatic carbocycles. The lowest BCUT2D eigenvalue weighted by Crippen LogP contribution is -2.31. The first-order chi connectivity index (χ1) is 8.49.